The number of benzene rings is 1. The summed E-state index contributed by atoms with van der Waals surface area (Å²) in [7, 11) is 1.77. The number of thioether (sulfide) groups is 1. The van der Waals surface area contributed by atoms with E-state index in [1.165, 1.54) is 18.7 Å². The minimum Gasteiger partial charge on any atom is -0.338 e. The fraction of sp³-hybridized carbons (Fsp3) is 0.300. The number of nitrogens with zero attached hydrogens (tertiary/aromatic N) is 3. The first-order chi connectivity index (χ1) is 12.3. The number of hydrogen-bond donors (Lipinski definition) is 0. The third-order valence-corrected chi connectivity index (χ3v) is 5.24. The molecular weight excluding hydrogens is 346 g/mol. The largest absolute Gasteiger partial charge is 0.338 e. The molecular formula is C20H21N3O2S. The summed E-state index contributed by atoms with van der Waals surface area (Å²) in [6.45, 7) is 5.15. The number of Topliss-reactive ketones (excluding diaryl/α,β-unsaturated/α-hetero) is 1. The number of aromatic nitrogens is 1. The van der Waals surface area contributed by atoms with Gasteiger partial charge in [0.1, 0.15) is 11.1 Å². The second-order valence-electron chi connectivity index (χ2n) is 6.02. The van der Waals surface area contributed by atoms with Crippen molar-refractivity contribution in [1.29, 1.82) is 5.26 Å². The van der Waals surface area contributed by atoms with Crippen LogP contribution in [0.25, 0.3) is 0 Å². The second kappa shape index (κ2) is 8.63. The summed E-state index contributed by atoms with van der Waals surface area (Å²) in [5, 5.41) is 9.79. The third kappa shape index (κ3) is 4.50. The van der Waals surface area contributed by atoms with E-state index < -0.39 is 0 Å². The lowest BCUT2D eigenvalue weighted by Crippen LogP contribution is -2.31. The van der Waals surface area contributed by atoms with E-state index >= 15 is 0 Å². The highest BCUT2D eigenvalue weighted by molar-refractivity contribution is 8.00. The Balaban J connectivity index is 2.11. The molecule has 0 fully saturated rings. The van der Waals surface area contributed by atoms with Crippen molar-refractivity contribution < 1.29 is 9.59 Å². The molecule has 2 rings (SSSR count). The van der Waals surface area contributed by atoms with Gasteiger partial charge in [0.2, 0.25) is 5.91 Å². The molecule has 1 heterocycles. The smallest absolute Gasteiger partial charge is 0.233 e. The van der Waals surface area contributed by atoms with Crippen LogP contribution in [0.5, 0.6) is 0 Å². The van der Waals surface area contributed by atoms with Crippen LogP contribution in [0.2, 0.25) is 0 Å². The van der Waals surface area contributed by atoms with Crippen LogP contribution in [0.4, 0.5) is 0 Å². The molecule has 0 bridgehead atoms. The van der Waals surface area contributed by atoms with E-state index in [-0.39, 0.29) is 23.5 Å². The number of aryl methyl sites for hydroxylation is 1. The Labute approximate surface area is 158 Å². The molecule has 0 saturated carbocycles. The predicted octanol–water partition coefficient (Wildman–Crippen LogP) is 3.78. The van der Waals surface area contributed by atoms with Crippen LogP contribution >= 0.6 is 11.8 Å². The number of rotatable bonds is 6. The van der Waals surface area contributed by atoms with E-state index in [2.05, 4.69) is 11.1 Å². The number of hydrogen-bond acceptors (Lipinski definition) is 5. The summed E-state index contributed by atoms with van der Waals surface area (Å²) in [5.74, 6) is -0.00492. The number of ketones is 1. The summed E-state index contributed by atoms with van der Waals surface area (Å²) < 4.78 is 0. The standard InChI is InChI=1S/C20H21N3O2S/c1-13-18(15(3)24)10-17(11-21)20(22-13)26-12-19(25)23(4)14(2)16-8-6-5-7-9-16/h5-10,14H,12H2,1-4H3. The lowest BCUT2D eigenvalue weighted by Gasteiger charge is -2.25. The van der Waals surface area contributed by atoms with Gasteiger partial charge >= 0.3 is 0 Å². The average Bonchev–Trinajstić information content (AvgIpc) is 2.65. The zero-order chi connectivity index (χ0) is 19.3. The third-order valence-electron chi connectivity index (χ3n) is 4.27. The van der Waals surface area contributed by atoms with E-state index in [1.54, 1.807) is 24.9 Å². The van der Waals surface area contributed by atoms with Crippen LogP contribution in [-0.4, -0.2) is 34.4 Å². The van der Waals surface area contributed by atoms with Crippen LogP contribution in [0.15, 0.2) is 41.4 Å². The van der Waals surface area contributed by atoms with Gasteiger partial charge < -0.3 is 4.90 Å². The summed E-state index contributed by atoms with van der Waals surface area (Å²) >= 11 is 1.22. The summed E-state index contributed by atoms with van der Waals surface area (Å²) in [5.41, 5.74) is 2.38. The van der Waals surface area contributed by atoms with Crippen molar-refractivity contribution >= 4 is 23.5 Å². The highest BCUT2D eigenvalue weighted by Crippen LogP contribution is 2.25. The summed E-state index contributed by atoms with van der Waals surface area (Å²) in [6.07, 6.45) is 0. The number of carbonyl (C=O) groups is 2. The van der Waals surface area contributed by atoms with Gasteiger partial charge in [-0.05, 0) is 32.4 Å². The van der Waals surface area contributed by atoms with Crippen LogP contribution in [0.1, 0.15) is 47.1 Å². The van der Waals surface area contributed by atoms with Gasteiger partial charge in [-0.3, -0.25) is 9.59 Å². The van der Waals surface area contributed by atoms with Crippen molar-refractivity contribution in [3.63, 3.8) is 0 Å². The average molecular weight is 367 g/mol. The fourth-order valence-corrected chi connectivity index (χ4v) is 3.46. The Morgan fingerprint density at radius 1 is 1.31 bits per heavy atom. The topological polar surface area (TPSA) is 74.1 Å². The van der Waals surface area contributed by atoms with Gasteiger partial charge in [0.25, 0.3) is 0 Å². The minimum absolute atomic E-state index is 0.0467. The molecule has 1 atom stereocenters. The molecule has 134 valence electrons. The molecule has 1 aromatic heterocycles. The number of amides is 1. The van der Waals surface area contributed by atoms with Crippen molar-refractivity contribution in [3.05, 3.63) is 58.8 Å². The SMILES string of the molecule is CC(=O)c1cc(C#N)c(SCC(=O)N(C)C(C)c2ccccc2)nc1C. The van der Waals surface area contributed by atoms with Crippen LogP contribution in [-0.2, 0) is 4.79 Å². The molecule has 1 amide bonds. The van der Waals surface area contributed by atoms with Gasteiger partial charge in [0.05, 0.1) is 17.4 Å². The molecule has 2 aromatic rings. The van der Waals surface area contributed by atoms with Crippen molar-refractivity contribution in [2.24, 2.45) is 0 Å². The molecule has 26 heavy (non-hydrogen) atoms. The second-order valence-corrected chi connectivity index (χ2v) is 6.99. The predicted molar refractivity (Wildman–Crippen MR) is 102 cm³/mol. The van der Waals surface area contributed by atoms with E-state index in [0.29, 0.717) is 21.8 Å². The van der Waals surface area contributed by atoms with E-state index in [0.717, 1.165) is 5.56 Å². The molecule has 1 unspecified atom stereocenters. The highest BCUT2D eigenvalue weighted by atomic mass is 32.2. The fourth-order valence-electron chi connectivity index (χ4n) is 2.53. The van der Waals surface area contributed by atoms with Crippen molar-refractivity contribution in [2.75, 3.05) is 12.8 Å². The summed E-state index contributed by atoms with van der Waals surface area (Å²) in [6, 6.07) is 13.4. The lowest BCUT2D eigenvalue weighted by atomic mass is 10.1. The molecule has 0 aliphatic heterocycles. The Morgan fingerprint density at radius 3 is 2.54 bits per heavy atom. The molecule has 0 saturated heterocycles. The summed E-state index contributed by atoms with van der Waals surface area (Å²) in [4.78, 5) is 30.2. The molecule has 0 N–H and O–H groups in total. The quantitative estimate of drug-likeness (QED) is 0.574. The Bertz CT molecular complexity index is 859. The van der Waals surface area contributed by atoms with Gasteiger partial charge in [0, 0.05) is 18.3 Å². The van der Waals surface area contributed by atoms with Crippen molar-refractivity contribution in [1.82, 2.24) is 9.88 Å². The van der Waals surface area contributed by atoms with Crippen LogP contribution in [0, 0.1) is 18.3 Å². The Kier molecular flexibility index (Phi) is 6.53. The van der Waals surface area contributed by atoms with Gasteiger partial charge in [-0.2, -0.15) is 5.26 Å². The molecule has 0 radical (unpaired) electrons. The first kappa shape index (κ1) is 19.7. The van der Waals surface area contributed by atoms with Crippen LogP contribution < -0.4 is 0 Å². The van der Waals surface area contributed by atoms with E-state index in [1.807, 2.05) is 37.3 Å². The maximum atomic E-state index is 12.5. The zero-order valence-corrected chi connectivity index (χ0v) is 16.1. The molecule has 0 aliphatic carbocycles. The molecule has 1 aromatic carbocycles. The van der Waals surface area contributed by atoms with Gasteiger partial charge in [-0.25, -0.2) is 4.98 Å². The number of nitriles is 1. The normalized spacial score (nSPS) is 11.5. The molecule has 5 nitrogen and oxygen atoms in total. The monoisotopic (exact) mass is 367 g/mol. The Hall–Kier alpha value is -2.65. The van der Waals surface area contributed by atoms with Crippen molar-refractivity contribution in [2.45, 2.75) is 31.8 Å². The number of pyridine rings is 1. The van der Waals surface area contributed by atoms with Crippen molar-refractivity contribution in [3.8, 4) is 6.07 Å². The maximum Gasteiger partial charge on any atom is 0.233 e. The molecule has 0 spiro atoms. The first-order valence-electron chi connectivity index (χ1n) is 8.21. The molecule has 0 aliphatic rings. The molecule has 6 heteroatoms. The number of carbonyl (C=O) groups excluding carboxylic acids is 2. The lowest BCUT2D eigenvalue weighted by molar-refractivity contribution is -0.128. The van der Waals surface area contributed by atoms with Gasteiger partial charge in [-0.1, -0.05) is 42.1 Å². The zero-order valence-electron chi connectivity index (χ0n) is 15.3. The van der Waals surface area contributed by atoms with E-state index in [4.69, 9.17) is 0 Å². The highest BCUT2D eigenvalue weighted by Gasteiger charge is 2.19. The van der Waals surface area contributed by atoms with E-state index in [9.17, 15) is 14.9 Å². The Morgan fingerprint density at radius 2 is 1.96 bits per heavy atom. The maximum absolute atomic E-state index is 12.5. The van der Waals surface area contributed by atoms with Gasteiger partial charge in [-0.15, -0.1) is 0 Å². The first-order valence-corrected chi connectivity index (χ1v) is 9.19. The van der Waals surface area contributed by atoms with Crippen LogP contribution in [0.3, 0.4) is 0 Å². The van der Waals surface area contributed by atoms with Gasteiger partial charge in [0.15, 0.2) is 5.78 Å². The minimum atomic E-state index is -0.129.